The van der Waals surface area contributed by atoms with Crippen LogP contribution in [0, 0.1) is 12.7 Å². The lowest BCUT2D eigenvalue weighted by Gasteiger charge is -2.12. The Kier molecular flexibility index (Phi) is 5.13. The third kappa shape index (κ3) is 4.11. The van der Waals surface area contributed by atoms with Gasteiger partial charge in [-0.1, -0.05) is 12.1 Å². The molecule has 0 fully saturated rings. The molecule has 0 radical (unpaired) electrons. The first-order valence-electron chi connectivity index (χ1n) is 9.09. The number of benzene rings is 2. The monoisotopic (exact) mass is 423 g/mol. The van der Waals surface area contributed by atoms with Crippen LogP contribution in [0.1, 0.15) is 11.4 Å². The molecular weight excluding hydrogens is 405 g/mol. The average Bonchev–Trinajstić information content (AvgIpc) is 2.72. The van der Waals surface area contributed by atoms with Crippen LogP contribution in [0.15, 0.2) is 59.8 Å². The van der Waals surface area contributed by atoms with Crippen LogP contribution >= 0.6 is 0 Å². The Bertz CT molecular complexity index is 1320. The molecule has 2 aromatic carbocycles. The molecule has 0 aliphatic rings. The summed E-state index contributed by atoms with van der Waals surface area (Å²) >= 11 is 0. The van der Waals surface area contributed by atoms with E-state index < -0.39 is 9.84 Å². The second-order valence-corrected chi connectivity index (χ2v) is 8.88. The number of halogens is 1. The number of hydrogen-bond donors (Lipinski definition) is 1. The Labute approximate surface area is 173 Å². The van der Waals surface area contributed by atoms with E-state index in [2.05, 4.69) is 25.5 Å². The first-order chi connectivity index (χ1) is 14.3. The van der Waals surface area contributed by atoms with Crippen LogP contribution in [0.25, 0.3) is 22.0 Å². The van der Waals surface area contributed by atoms with E-state index in [1.54, 1.807) is 24.3 Å². The molecule has 1 N–H and O–H groups in total. The molecular formula is C21H18FN5O2S. The molecule has 0 bridgehead atoms. The van der Waals surface area contributed by atoms with Crippen molar-refractivity contribution in [2.45, 2.75) is 18.4 Å². The molecule has 0 unspecified atom stereocenters. The summed E-state index contributed by atoms with van der Waals surface area (Å²) in [5.74, 6) is 0.101. The fourth-order valence-corrected chi connectivity index (χ4v) is 3.92. The zero-order valence-corrected chi connectivity index (χ0v) is 17.1. The third-order valence-electron chi connectivity index (χ3n) is 4.57. The predicted octanol–water partition coefficient (Wildman–Crippen LogP) is 3.55. The zero-order valence-electron chi connectivity index (χ0n) is 16.3. The van der Waals surface area contributed by atoms with Crippen molar-refractivity contribution in [2.24, 2.45) is 0 Å². The molecule has 30 heavy (non-hydrogen) atoms. The van der Waals surface area contributed by atoms with Gasteiger partial charge in [-0.3, -0.25) is 0 Å². The molecule has 0 aliphatic carbocycles. The van der Waals surface area contributed by atoms with Gasteiger partial charge in [0.1, 0.15) is 18.0 Å². The fraction of sp³-hybridized carbons (Fsp3) is 0.143. The van der Waals surface area contributed by atoms with E-state index in [0.717, 1.165) is 11.9 Å². The van der Waals surface area contributed by atoms with Crippen LogP contribution < -0.4 is 5.32 Å². The number of hydrogen-bond acceptors (Lipinski definition) is 7. The maximum absolute atomic E-state index is 13.3. The summed E-state index contributed by atoms with van der Waals surface area (Å²) in [6.45, 7) is 2.21. The van der Waals surface area contributed by atoms with Gasteiger partial charge in [-0.15, -0.1) is 0 Å². The number of sulfone groups is 1. The molecule has 0 saturated heterocycles. The largest absolute Gasteiger partial charge is 0.364 e. The summed E-state index contributed by atoms with van der Waals surface area (Å²) in [4.78, 5) is 8.58. The van der Waals surface area contributed by atoms with Crippen LogP contribution in [0.5, 0.6) is 0 Å². The smallest absolute Gasteiger partial charge is 0.177 e. The molecule has 4 aromatic rings. The maximum atomic E-state index is 13.3. The first-order valence-corrected chi connectivity index (χ1v) is 11.0. The highest BCUT2D eigenvalue weighted by atomic mass is 32.2. The van der Waals surface area contributed by atoms with Crippen LogP contribution in [-0.2, 0) is 16.4 Å². The van der Waals surface area contributed by atoms with Crippen LogP contribution in [-0.4, -0.2) is 34.8 Å². The lowest BCUT2D eigenvalue weighted by Crippen LogP contribution is -2.07. The number of nitrogens with one attached hydrogen (secondary N) is 1. The minimum atomic E-state index is -3.57. The fourth-order valence-electron chi connectivity index (χ4n) is 3.06. The quantitative estimate of drug-likeness (QED) is 0.524. The highest BCUT2D eigenvalue weighted by molar-refractivity contribution is 7.91. The number of nitrogens with zero attached hydrogens (tertiary/aromatic N) is 4. The normalized spacial score (nSPS) is 11.6. The SMILES string of the molecule is Cc1ccc(CNc2ncnc3c(S(C)(=O)=O)cc(-c4ccc(F)cc4)cc23)nn1. The van der Waals surface area contributed by atoms with Crippen molar-refractivity contribution in [3.63, 3.8) is 0 Å². The van der Waals surface area contributed by atoms with Gasteiger partial charge in [-0.2, -0.15) is 10.2 Å². The Balaban J connectivity index is 1.84. The zero-order chi connectivity index (χ0) is 21.3. The Morgan fingerprint density at radius 2 is 1.73 bits per heavy atom. The van der Waals surface area contributed by atoms with E-state index in [1.807, 2.05) is 19.1 Å². The lowest BCUT2D eigenvalue weighted by atomic mass is 10.0. The summed E-state index contributed by atoms with van der Waals surface area (Å²) in [6.07, 6.45) is 2.45. The molecule has 0 spiro atoms. The minimum absolute atomic E-state index is 0.0832. The standard InChI is InChI=1S/C21H18FN5O2S/c1-13-3-8-17(27-26-13)11-23-21-18-9-15(14-4-6-16(22)7-5-14)10-19(30(2,28)29)20(18)24-12-25-21/h3-10,12H,11H2,1-2H3,(H,23,24,25). The number of rotatable bonds is 5. The van der Waals surface area contributed by atoms with Crippen molar-refractivity contribution in [1.29, 1.82) is 0 Å². The van der Waals surface area contributed by atoms with E-state index in [9.17, 15) is 12.8 Å². The summed E-state index contributed by atoms with van der Waals surface area (Å²) in [5.41, 5.74) is 3.15. The van der Waals surface area contributed by atoms with E-state index in [4.69, 9.17) is 0 Å². The van der Waals surface area contributed by atoms with Gasteiger partial charge in [-0.25, -0.2) is 22.8 Å². The highest BCUT2D eigenvalue weighted by Gasteiger charge is 2.18. The second-order valence-electron chi connectivity index (χ2n) is 6.89. The van der Waals surface area contributed by atoms with Crippen molar-refractivity contribution in [3.05, 3.63) is 72.1 Å². The molecule has 0 saturated carbocycles. The Hall–Kier alpha value is -3.46. The van der Waals surface area contributed by atoms with Crippen molar-refractivity contribution >= 4 is 26.6 Å². The first kappa shape index (κ1) is 19.8. The molecule has 152 valence electrons. The van der Waals surface area contributed by atoms with Crippen LogP contribution in [0.3, 0.4) is 0 Å². The van der Waals surface area contributed by atoms with Gasteiger partial charge in [0.05, 0.1) is 28.3 Å². The number of fused-ring (bicyclic) bond motifs is 1. The van der Waals surface area contributed by atoms with Gasteiger partial charge in [0.15, 0.2) is 9.84 Å². The molecule has 2 aromatic heterocycles. The molecule has 7 nitrogen and oxygen atoms in total. The van der Waals surface area contributed by atoms with Crippen molar-refractivity contribution in [1.82, 2.24) is 20.2 Å². The predicted molar refractivity (Wildman–Crippen MR) is 112 cm³/mol. The molecule has 0 atom stereocenters. The minimum Gasteiger partial charge on any atom is -0.364 e. The van der Waals surface area contributed by atoms with E-state index in [-0.39, 0.29) is 10.7 Å². The van der Waals surface area contributed by atoms with E-state index >= 15 is 0 Å². The van der Waals surface area contributed by atoms with Crippen LogP contribution in [0.2, 0.25) is 0 Å². The van der Waals surface area contributed by atoms with Crippen molar-refractivity contribution in [3.8, 4) is 11.1 Å². The maximum Gasteiger partial charge on any atom is 0.177 e. The van der Waals surface area contributed by atoms with Gasteiger partial charge in [0.2, 0.25) is 0 Å². The molecule has 2 heterocycles. The van der Waals surface area contributed by atoms with Crippen LogP contribution in [0.4, 0.5) is 10.2 Å². The van der Waals surface area contributed by atoms with Gasteiger partial charge in [0, 0.05) is 11.6 Å². The average molecular weight is 423 g/mol. The molecule has 0 amide bonds. The summed E-state index contributed by atoms with van der Waals surface area (Å²) in [6, 6.07) is 12.9. The third-order valence-corrected chi connectivity index (χ3v) is 5.68. The number of anilines is 1. The van der Waals surface area contributed by atoms with Gasteiger partial charge in [0.25, 0.3) is 0 Å². The van der Waals surface area contributed by atoms with E-state index in [0.29, 0.717) is 40.1 Å². The lowest BCUT2D eigenvalue weighted by molar-refractivity contribution is 0.602. The number of aryl methyl sites for hydroxylation is 1. The Morgan fingerprint density at radius 3 is 2.40 bits per heavy atom. The topological polar surface area (TPSA) is 97.7 Å². The highest BCUT2D eigenvalue weighted by Crippen LogP contribution is 2.32. The van der Waals surface area contributed by atoms with Gasteiger partial charge in [-0.05, 0) is 54.4 Å². The molecule has 4 rings (SSSR count). The van der Waals surface area contributed by atoms with Crippen molar-refractivity contribution < 1.29 is 12.8 Å². The molecule has 0 aliphatic heterocycles. The summed E-state index contributed by atoms with van der Waals surface area (Å²) in [7, 11) is -3.57. The Morgan fingerprint density at radius 1 is 0.967 bits per heavy atom. The van der Waals surface area contributed by atoms with Crippen molar-refractivity contribution in [2.75, 3.05) is 11.6 Å². The number of aromatic nitrogens is 4. The van der Waals surface area contributed by atoms with Gasteiger partial charge < -0.3 is 5.32 Å². The van der Waals surface area contributed by atoms with E-state index in [1.165, 1.54) is 18.5 Å². The summed E-state index contributed by atoms with van der Waals surface area (Å²) in [5, 5.41) is 11.9. The second kappa shape index (κ2) is 7.75. The van der Waals surface area contributed by atoms with Gasteiger partial charge >= 0.3 is 0 Å². The summed E-state index contributed by atoms with van der Waals surface area (Å²) < 4.78 is 38.2. The molecule has 9 heteroatoms.